The molecule has 0 bridgehead atoms. The SMILES string of the molecule is CC(NC(=O)c1cccc(COc2ccc(Br)cc2)c1)c1ccc(C(C)(C)C)cc1. The van der Waals surface area contributed by atoms with Crippen molar-refractivity contribution in [3.8, 4) is 5.75 Å². The Morgan fingerprint density at radius 2 is 1.67 bits per heavy atom. The molecule has 1 unspecified atom stereocenters. The lowest BCUT2D eigenvalue weighted by molar-refractivity contribution is 0.0939. The molecule has 0 heterocycles. The molecule has 0 fully saturated rings. The molecule has 0 radical (unpaired) electrons. The van der Waals surface area contributed by atoms with E-state index in [2.05, 4.69) is 66.3 Å². The Balaban J connectivity index is 1.62. The molecule has 3 aromatic carbocycles. The van der Waals surface area contributed by atoms with Crippen LogP contribution in [-0.4, -0.2) is 5.91 Å². The van der Waals surface area contributed by atoms with E-state index < -0.39 is 0 Å². The van der Waals surface area contributed by atoms with Crippen molar-refractivity contribution in [2.24, 2.45) is 0 Å². The van der Waals surface area contributed by atoms with Crippen molar-refractivity contribution in [1.29, 1.82) is 0 Å². The maximum atomic E-state index is 12.8. The Hall–Kier alpha value is -2.59. The van der Waals surface area contributed by atoms with Gasteiger partial charge < -0.3 is 10.1 Å². The van der Waals surface area contributed by atoms with Crippen LogP contribution in [0.1, 0.15) is 60.8 Å². The van der Waals surface area contributed by atoms with Gasteiger partial charge in [0.05, 0.1) is 6.04 Å². The molecule has 1 amide bonds. The first-order chi connectivity index (χ1) is 14.2. The summed E-state index contributed by atoms with van der Waals surface area (Å²) in [5.41, 5.74) is 4.07. The van der Waals surface area contributed by atoms with Crippen LogP contribution >= 0.6 is 15.9 Å². The molecule has 0 saturated heterocycles. The lowest BCUT2D eigenvalue weighted by Crippen LogP contribution is -2.26. The fourth-order valence-electron chi connectivity index (χ4n) is 3.13. The molecule has 0 aromatic heterocycles. The second-order valence-electron chi connectivity index (χ2n) is 8.51. The summed E-state index contributed by atoms with van der Waals surface area (Å²) in [5.74, 6) is 0.702. The van der Waals surface area contributed by atoms with Crippen molar-refractivity contribution in [2.45, 2.75) is 45.8 Å². The first-order valence-corrected chi connectivity index (χ1v) is 10.9. The number of rotatable bonds is 6. The molecular weight excluding hydrogens is 438 g/mol. The molecule has 4 heteroatoms. The van der Waals surface area contributed by atoms with Crippen LogP contribution in [0.15, 0.2) is 77.3 Å². The third-order valence-corrected chi connectivity index (χ3v) is 5.56. The monoisotopic (exact) mass is 465 g/mol. The summed E-state index contributed by atoms with van der Waals surface area (Å²) in [6, 6.07) is 23.6. The lowest BCUT2D eigenvalue weighted by atomic mass is 9.86. The van der Waals surface area contributed by atoms with E-state index >= 15 is 0 Å². The summed E-state index contributed by atoms with van der Waals surface area (Å²) in [6.07, 6.45) is 0. The van der Waals surface area contributed by atoms with E-state index in [-0.39, 0.29) is 17.4 Å². The summed E-state index contributed by atoms with van der Waals surface area (Å²) in [7, 11) is 0. The summed E-state index contributed by atoms with van der Waals surface area (Å²) in [6.45, 7) is 9.00. The van der Waals surface area contributed by atoms with Gasteiger partial charge in [0.2, 0.25) is 0 Å². The minimum Gasteiger partial charge on any atom is -0.489 e. The molecule has 0 aliphatic heterocycles. The van der Waals surface area contributed by atoms with E-state index in [1.54, 1.807) is 0 Å². The van der Waals surface area contributed by atoms with Crippen LogP contribution in [0.5, 0.6) is 5.75 Å². The largest absolute Gasteiger partial charge is 0.489 e. The molecule has 0 spiro atoms. The Kier molecular flexibility index (Phi) is 6.99. The van der Waals surface area contributed by atoms with Crippen molar-refractivity contribution in [3.63, 3.8) is 0 Å². The molecule has 1 atom stereocenters. The second-order valence-corrected chi connectivity index (χ2v) is 9.43. The van der Waals surface area contributed by atoms with Crippen LogP contribution in [0.4, 0.5) is 0 Å². The number of amides is 1. The van der Waals surface area contributed by atoms with Gasteiger partial charge in [-0.1, -0.05) is 73.1 Å². The zero-order chi connectivity index (χ0) is 21.7. The van der Waals surface area contributed by atoms with Crippen LogP contribution in [-0.2, 0) is 12.0 Å². The van der Waals surface area contributed by atoms with E-state index in [1.165, 1.54) is 5.56 Å². The van der Waals surface area contributed by atoms with Crippen LogP contribution in [0.2, 0.25) is 0 Å². The van der Waals surface area contributed by atoms with Crippen molar-refractivity contribution < 1.29 is 9.53 Å². The van der Waals surface area contributed by atoms with Gasteiger partial charge in [0.1, 0.15) is 12.4 Å². The van der Waals surface area contributed by atoms with Crippen LogP contribution < -0.4 is 10.1 Å². The highest BCUT2D eigenvalue weighted by molar-refractivity contribution is 9.10. The first-order valence-electron chi connectivity index (χ1n) is 10.1. The number of carbonyl (C=O) groups is 1. The van der Waals surface area contributed by atoms with Gasteiger partial charge in [-0.15, -0.1) is 0 Å². The summed E-state index contributed by atoms with van der Waals surface area (Å²) in [5, 5.41) is 3.09. The van der Waals surface area contributed by atoms with Crippen molar-refractivity contribution in [3.05, 3.63) is 99.5 Å². The van der Waals surface area contributed by atoms with E-state index in [9.17, 15) is 4.79 Å². The number of hydrogen-bond donors (Lipinski definition) is 1. The Labute approximate surface area is 187 Å². The predicted octanol–water partition coefficient (Wildman–Crippen LogP) is 6.82. The average Bonchev–Trinajstić information content (AvgIpc) is 2.73. The van der Waals surface area contributed by atoms with Gasteiger partial charge in [0.25, 0.3) is 5.91 Å². The topological polar surface area (TPSA) is 38.3 Å². The lowest BCUT2D eigenvalue weighted by Gasteiger charge is -2.21. The van der Waals surface area contributed by atoms with Gasteiger partial charge in [-0.25, -0.2) is 0 Å². The molecule has 0 aliphatic rings. The van der Waals surface area contributed by atoms with Crippen LogP contribution in [0.25, 0.3) is 0 Å². The normalized spacial score (nSPS) is 12.3. The fourth-order valence-corrected chi connectivity index (χ4v) is 3.40. The summed E-state index contributed by atoms with van der Waals surface area (Å²) < 4.78 is 6.83. The number of ether oxygens (including phenoxy) is 1. The van der Waals surface area contributed by atoms with Gasteiger partial charge >= 0.3 is 0 Å². The molecule has 0 aliphatic carbocycles. The molecular formula is C26H28BrNO2. The van der Waals surface area contributed by atoms with Gasteiger partial charge in [0.15, 0.2) is 0 Å². The molecule has 30 heavy (non-hydrogen) atoms. The van der Waals surface area contributed by atoms with E-state index in [1.807, 2.05) is 55.5 Å². The maximum Gasteiger partial charge on any atom is 0.251 e. The molecule has 3 rings (SSSR count). The quantitative estimate of drug-likeness (QED) is 0.433. The Morgan fingerprint density at radius 1 is 1.00 bits per heavy atom. The summed E-state index contributed by atoms with van der Waals surface area (Å²) in [4.78, 5) is 12.8. The first kappa shape index (κ1) is 22.1. The van der Waals surface area contributed by atoms with Crippen molar-refractivity contribution in [2.75, 3.05) is 0 Å². The number of nitrogens with one attached hydrogen (secondary N) is 1. The van der Waals surface area contributed by atoms with E-state index in [4.69, 9.17) is 4.74 Å². The van der Waals surface area contributed by atoms with Gasteiger partial charge in [-0.05, 0) is 65.4 Å². The number of hydrogen-bond acceptors (Lipinski definition) is 2. The highest BCUT2D eigenvalue weighted by Gasteiger charge is 2.15. The predicted molar refractivity (Wildman–Crippen MR) is 126 cm³/mol. The van der Waals surface area contributed by atoms with Crippen LogP contribution in [0.3, 0.4) is 0 Å². The van der Waals surface area contributed by atoms with Crippen molar-refractivity contribution in [1.82, 2.24) is 5.32 Å². The summed E-state index contributed by atoms with van der Waals surface area (Å²) >= 11 is 3.42. The third kappa shape index (κ3) is 5.96. The number of halogens is 1. The number of carbonyl (C=O) groups excluding carboxylic acids is 1. The Bertz CT molecular complexity index is 989. The van der Waals surface area contributed by atoms with Gasteiger partial charge in [0, 0.05) is 10.0 Å². The Morgan fingerprint density at radius 3 is 2.30 bits per heavy atom. The fraction of sp³-hybridized carbons (Fsp3) is 0.269. The highest BCUT2D eigenvalue weighted by Crippen LogP contribution is 2.24. The molecule has 3 nitrogen and oxygen atoms in total. The van der Waals surface area contributed by atoms with Gasteiger partial charge in [-0.2, -0.15) is 0 Å². The second kappa shape index (κ2) is 9.48. The molecule has 1 N–H and O–H groups in total. The third-order valence-electron chi connectivity index (χ3n) is 5.03. The van der Waals surface area contributed by atoms with Crippen molar-refractivity contribution >= 4 is 21.8 Å². The number of benzene rings is 3. The zero-order valence-electron chi connectivity index (χ0n) is 17.9. The smallest absolute Gasteiger partial charge is 0.251 e. The minimum atomic E-state index is -0.0899. The van der Waals surface area contributed by atoms with Gasteiger partial charge in [-0.3, -0.25) is 4.79 Å². The molecule has 156 valence electrons. The van der Waals surface area contributed by atoms with Crippen LogP contribution in [0, 0.1) is 0 Å². The minimum absolute atomic E-state index is 0.0748. The maximum absolute atomic E-state index is 12.8. The zero-order valence-corrected chi connectivity index (χ0v) is 19.5. The molecule has 3 aromatic rings. The van der Waals surface area contributed by atoms with E-state index in [0.29, 0.717) is 12.2 Å². The van der Waals surface area contributed by atoms with E-state index in [0.717, 1.165) is 21.3 Å². The standard InChI is InChI=1S/C26H28BrNO2/c1-18(20-8-10-22(11-9-20)26(2,3)4)28-25(29)21-7-5-6-19(16-21)17-30-24-14-12-23(27)13-15-24/h5-16,18H,17H2,1-4H3,(H,28,29). The average molecular weight is 466 g/mol. The highest BCUT2D eigenvalue weighted by atomic mass is 79.9. The molecule has 0 saturated carbocycles.